The van der Waals surface area contributed by atoms with E-state index in [4.69, 9.17) is 15.2 Å². The van der Waals surface area contributed by atoms with Gasteiger partial charge >= 0.3 is 0 Å². The highest BCUT2D eigenvalue weighted by Gasteiger charge is 2.24. The minimum Gasteiger partial charge on any atom is -0.497 e. The monoisotopic (exact) mass is 266 g/mol. The summed E-state index contributed by atoms with van der Waals surface area (Å²) in [5, 5.41) is 3.34. The van der Waals surface area contributed by atoms with Crippen LogP contribution in [0, 0.1) is 5.41 Å². The predicted molar refractivity (Wildman–Crippen MR) is 78.8 cm³/mol. The van der Waals surface area contributed by atoms with Crippen LogP contribution < -0.4 is 20.5 Å². The van der Waals surface area contributed by atoms with Gasteiger partial charge in [0.2, 0.25) is 0 Å². The predicted octanol–water partition coefficient (Wildman–Crippen LogP) is 2.34. The summed E-state index contributed by atoms with van der Waals surface area (Å²) in [4.78, 5) is 0. The second kappa shape index (κ2) is 6.78. The summed E-state index contributed by atoms with van der Waals surface area (Å²) in [5.74, 6) is 1.64. The van der Waals surface area contributed by atoms with Crippen LogP contribution in [0.25, 0.3) is 0 Å². The van der Waals surface area contributed by atoms with Gasteiger partial charge in [0.1, 0.15) is 11.5 Å². The lowest BCUT2D eigenvalue weighted by Crippen LogP contribution is -2.30. The average Bonchev–Trinajstić information content (AvgIpc) is 2.44. The van der Waals surface area contributed by atoms with E-state index in [0.29, 0.717) is 6.54 Å². The molecule has 19 heavy (non-hydrogen) atoms. The molecule has 0 fully saturated rings. The van der Waals surface area contributed by atoms with Gasteiger partial charge in [0.05, 0.1) is 14.2 Å². The molecule has 0 bridgehead atoms. The molecule has 0 radical (unpaired) electrons. The van der Waals surface area contributed by atoms with Crippen molar-refractivity contribution in [1.29, 1.82) is 0 Å². The Hall–Kier alpha value is -1.26. The topological polar surface area (TPSA) is 56.5 Å². The molecule has 0 saturated heterocycles. The molecule has 1 rings (SSSR count). The number of ether oxygens (including phenoxy) is 2. The fraction of sp³-hybridized carbons (Fsp3) is 0.600. The van der Waals surface area contributed by atoms with Gasteiger partial charge in [-0.1, -0.05) is 19.9 Å². The average molecular weight is 266 g/mol. The number of hydrogen-bond acceptors (Lipinski definition) is 4. The van der Waals surface area contributed by atoms with Crippen molar-refractivity contribution in [3.63, 3.8) is 0 Å². The lowest BCUT2D eigenvalue weighted by Gasteiger charge is -2.29. The molecule has 0 aliphatic heterocycles. The van der Waals surface area contributed by atoms with Crippen LogP contribution in [0.1, 0.15) is 31.9 Å². The Bertz CT molecular complexity index is 405. The molecule has 0 aliphatic carbocycles. The van der Waals surface area contributed by atoms with Crippen LogP contribution in [0.4, 0.5) is 0 Å². The van der Waals surface area contributed by atoms with Gasteiger partial charge in [-0.15, -0.1) is 0 Å². The lowest BCUT2D eigenvalue weighted by molar-refractivity contribution is 0.293. The zero-order chi connectivity index (χ0) is 14.5. The Morgan fingerprint density at radius 1 is 1.26 bits per heavy atom. The highest BCUT2D eigenvalue weighted by atomic mass is 16.5. The highest BCUT2D eigenvalue weighted by Crippen LogP contribution is 2.35. The quantitative estimate of drug-likeness (QED) is 0.795. The number of benzene rings is 1. The summed E-state index contributed by atoms with van der Waals surface area (Å²) in [7, 11) is 5.29. The molecular formula is C15H26N2O2. The molecule has 0 spiro atoms. The van der Waals surface area contributed by atoms with Gasteiger partial charge in [0.25, 0.3) is 0 Å². The molecule has 4 nitrogen and oxygen atoms in total. The Balaban J connectivity index is 3.04. The van der Waals surface area contributed by atoms with E-state index in [1.165, 1.54) is 0 Å². The van der Waals surface area contributed by atoms with E-state index in [0.717, 1.165) is 23.5 Å². The van der Waals surface area contributed by atoms with Gasteiger partial charge in [0, 0.05) is 17.7 Å². The number of nitrogens with two attached hydrogens (primary N) is 1. The van der Waals surface area contributed by atoms with Crippen molar-refractivity contribution < 1.29 is 9.47 Å². The minimum absolute atomic E-state index is 0.0820. The molecule has 4 heteroatoms. The van der Waals surface area contributed by atoms with Crippen LogP contribution in [0.3, 0.4) is 0 Å². The van der Waals surface area contributed by atoms with Crippen molar-refractivity contribution in [3.8, 4) is 11.5 Å². The third-order valence-corrected chi connectivity index (χ3v) is 3.47. The first-order valence-electron chi connectivity index (χ1n) is 6.56. The van der Waals surface area contributed by atoms with Crippen LogP contribution in [0.5, 0.6) is 11.5 Å². The van der Waals surface area contributed by atoms with E-state index >= 15 is 0 Å². The van der Waals surface area contributed by atoms with E-state index in [-0.39, 0.29) is 11.5 Å². The molecular weight excluding hydrogens is 240 g/mol. The van der Waals surface area contributed by atoms with Crippen molar-refractivity contribution in [2.75, 3.05) is 27.8 Å². The van der Waals surface area contributed by atoms with E-state index in [2.05, 4.69) is 19.2 Å². The van der Waals surface area contributed by atoms with Gasteiger partial charge in [-0.05, 0) is 31.5 Å². The summed E-state index contributed by atoms with van der Waals surface area (Å²) in [6, 6.07) is 6.12. The lowest BCUT2D eigenvalue weighted by atomic mass is 9.83. The Morgan fingerprint density at radius 3 is 2.42 bits per heavy atom. The number of methoxy groups -OCH3 is 2. The first-order chi connectivity index (χ1) is 8.97. The molecule has 108 valence electrons. The Labute approximate surface area is 116 Å². The van der Waals surface area contributed by atoms with Crippen molar-refractivity contribution in [2.24, 2.45) is 11.1 Å². The summed E-state index contributed by atoms with van der Waals surface area (Å²) < 4.78 is 10.7. The first-order valence-corrected chi connectivity index (χ1v) is 6.56. The normalized spacial score (nSPS) is 13.2. The van der Waals surface area contributed by atoms with Crippen molar-refractivity contribution >= 4 is 0 Å². The number of hydrogen-bond donors (Lipinski definition) is 2. The Morgan fingerprint density at radius 2 is 1.95 bits per heavy atom. The van der Waals surface area contributed by atoms with E-state index < -0.39 is 0 Å². The molecule has 1 atom stereocenters. The van der Waals surface area contributed by atoms with Gasteiger partial charge < -0.3 is 20.5 Å². The smallest absolute Gasteiger partial charge is 0.127 e. The second-order valence-corrected chi connectivity index (χ2v) is 5.52. The number of rotatable bonds is 7. The van der Waals surface area contributed by atoms with Gasteiger partial charge in [-0.3, -0.25) is 0 Å². The van der Waals surface area contributed by atoms with Crippen molar-refractivity contribution in [1.82, 2.24) is 5.32 Å². The highest BCUT2D eigenvalue weighted by molar-refractivity contribution is 5.42. The molecule has 0 aliphatic rings. The summed E-state index contributed by atoms with van der Waals surface area (Å²) in [6.07, 6.45) is 0.947. The largest absolute Gasteiger partial charge is 0.497 e. The maximum atomic E-state index is 5.82. The minimum atomic E-state index is 0.0820. The molecule has 0 amide bonds. The van der Waals surface area contributed by atoms with Gasteiger partial charge in [-0.25, -0.2) is 0 Å². The van der Waals surface area contributed by atoms with Crippen LogP contribution >= 0.6 is 0 Å². The van der Waals surface area contributed by atoms with Gasteiger partial charge in [-0.2, -0.15) is 0 Å². The first kappa shape index (κ1) is 15.8. The summed E-state index contributed by atoms with van der Waals surface area (Å²) >= 11 is 0. The van der Waals surface area contributed by atoms with Crippen LogP contribution in [0.15, 0.2) is 18.2 Å². The molecule has 0 aromatic heterocycles. The van der Waals surface area contributed by atoms with E-state index in [1.54, 1.807) is 14.2 Å². The second-order valence-electron chi connectivity index (χ2n) is 5.52. The summed E-state index contributed by atoms with van der Waals surface area (Å²) in [5.41, 5.74) is 7.04. The summed E-state index contributed by atoms with van der Waals surface area (Å²) in [6.45, 7) is 5.00. The molecule has 1 unspecified atom stereocenters. The zero-order valence-electron chi connectivity index (χ0n) is 12.6. The third-order valence-electron chi connectivity index (χ3n) is 3.47. The van der Waals surface area contributed by atoms with E-state index in [9.17, 15) is 0 Å². The fourth-order valence-corrected chi connectivity index (χ4v) is 2.11. The molecule has 3 N–H and O–H groups in total. The standard InChI is InChI=1S/C15H26N2O2/c1-15(2,10-16)9-13(17-3)12-7-6-11(18-4)8-14(12)19-5/h6-8,13,17H,9-10,16H2,1-5H3. The molecule has 0 saturated carbocycles. The maximum Gasteiger partial charge on any atom is 0.127 e. The van der Waals surface area contributed by atoms with Crippen LogP contribution in [-0.2, 0) is 0 Å². The molecule has 1 aromatic rings. The third kappa shape index (κ3) is 4.11. The van der Waals surface area contributed by atoms with Crippen molar-refractivity contribution in [3.05, 3.63) is 23.8 Å². The van der Waals surface area contributed by atoms with Crippen LogP contribution in [0.2, 0.25) is 0 Å². The molecule has 1 aromatic carbocycles. The Kier molecular flexibility index (Phi) is 5.63. The zero-order valence-corrected chi connectivity index (χ0v) is 12.6. The van der Waals surface area contributed by atoms with Crippen molar-refractivity contribution in [2.45, 2.75) is 26.3 Å². The molecule has 0 heterocycles. The van der Waals surface area contributed by atoms with E-state index in [1.807, 2.05) is 25.2 Å². The van der Waals surface area contributed by atoms with Gasteiger partial charge in [0.15, 0.2) is 0 Å². The fourth-order valence-electron chi connectivity index (χ4n) is 2.11. The SMILES string of the molecule is CNC(CC(C)(C)CN)c1ccc(OC)cc1OC. The maximum absolute atomic E-state index is 5.82. The van der Waals surface area contributed by atoms with Crippen LogP contribution in [-0.4, -0.2) is 27.8 Å². The number of nitrogens with one attached hydrogen (secondary N) is 1.